The van der Waals surface area contributed by atoms with Crippen molar-refractivity contribution in [3.05, 3.63) is 65.2 Å². The van der Waals surface area contributed by atoms with E-state index in [1.807, 2.05) is 12.1 Å². The molecule has 1 atom stereocenters. The minimum absolute atomic E-state index is 0.0144. The number of benzene rings is 2. The fraction of sp³-hybridized carbons (Fsp3) is 0.480. The molecule has 2 heterocycles. The van der Waals surface area contributed by atoms with Crippen molar-refractivity contribution >= 4 is 11.6 Å². The third-order valence-corrected chi connectivity index (χ3v) is 6.37. The molecule has 30 heavy (non-hydrogen) atoms. The van der Waals surface area contributed by atoms with Crippen LogP contribution in [0.5, 0.6) is 0 Å². The van der Waals surface area contributed by atoms with Gasteiger partial charge in [0.2, 0.25) is 0 Å². The molecular weight excluding hydrogens is 374 g/mol. The molecule has 2 fully saturated rings. The Kier molecular flexibility index (Phi) is 7.03. The van der Waals surface area contributed by atoms with Gasteiger partial charge in [-0.25, -0.2) is 0 Å². The van der Waals surface area contributed by atoms with E-state index < -0.39 is 0 Å². The van der Waals surface area contributed by atoms with Gasteiger partial charge in [-0.2, -0.15) is 0 Å². The zero-order chi connectivity index (χ0) is 20.8. The first kappa shape index (κ1) is 20.9. The summed E-state index contributed by atoms with van der Waals surface area (Å²) in [5.74, 6) is 0.0144. The fourth-order valence-electron chi connectivity index (χ4n) is 4.66. The average molecular weight is 408 g/mol. The average Bonchev–Trinajstić information content (AvgIpc) is 2.81. The van der Waals surface area contributed by atoms with Crippen molar-refractivity contribution in [1.29, 1.82) is 0 Å². The Balaban J connectivity index is 1.48. The molecule has 160 valence electrons. The zero-order valence-corrected chi connectivity index (χ0v) is 18.0. The predicted octanol–water partition coefficient (Wildman–Crippen LogP) is 3.79. The number of likely N-dealkylation sites (tertiary alicyclic amines) is 1. The largest absolute Gasteiger partial charge is 0.378 e. The standard InChI is InChI=1S/C25H33N3O2/c1-20-22(11-8-12-23(20)28-15-17-30-18-16-28)25(29)26-19-24(21-9-4-2-5-10-21)27-13-6-3-7-14-27/h2,4-5,8-12,24H,3,6-7,13-19H2,1H3,(H,26,29). The normalized spacial score (nSPS) is 18.8. The summed E-state index contributed by atoms with van der Waals surface area (Å²) in [6.07, 6.45) is 3.77. The summed E-state index contributed by atoms with van der Waals surface area (Å²) in [6.45, 7) is 8.11. The Labute approximate surface area is 180 Å². The van der Waals surface area contributed by atoms with Crippen LogP contribution in [0.2, 0.25) is 0 Å². The molecule has 0 spiro atoms. The van der Waals surface area contributed by atoms with E-state index >= 15 is 0 Å². The van der Waals surface area contributed by atoms with E-state index in [2.05, 4.69) is 58.4 Å². The lowest BCUT2D eigenvalue weighted by Crippen LogP contribution is -2.41. The van der Waals surface area contributed by atoms with E-state index in [1.165, 1.54) is 24.8 Å². The van der Waals surface area contributed by atoms with Gasteiger partial charge >= 0.3 is 0 Å². The van der Waals surface area contributed by atoms with Gasteiger partial charge in [0, 0.05) is 30.9 Å². The number of piperidine rings is 1. The van der Waals surface area contributed by atoms with E-state index in [1.54, 1.807) is 0 Å². The lowest BCUT2D eigenvalue weighted by molar-refractivity contribution is 0.0924. The Morgan fingerprint density at radius 3 is 2.43 bits per heavy atom. The monoisotopic (exact) mass is 407 g/mol. The highest BCUT2D eigenvalue weighted by Crippen LogP contribution is 2.26. The SMILES string of the molecule is Cc1c(C(=O)NCC(c2ccccc2)N2CCCCC2)cccc1N1CCOCC1. The molecule has 4 rings (SSSR count). The number of amides is 1. The van der Waals surface area contributed by atoms with Crippen LogP contribution in [-0.2, 0) is 4.74 Å². The molecule has 0 aromatic heterocycles. The van der Waals surface area contributed by atoms with Gasteiger partial charge in [0.1, 0.15) is 0 Å². The van der Waals surface area contributed by atoms with Crippen LogP contribution >= 0.6 is 0 Å². The number of carbonyl (C=O) groups is 1. The van der Waals surface area contributed by atoms with Crippen LogP contribution in [0.15, 0.2) is 48.5 Å². The van der Waals surface area contributed by atoms with Crippen LogP contribution in [-0.4, -0.2) is 56.7 Å². The highest BCUT2D eigenvalue weighted by atomic mass is 16.5. The number of morpholine rings is 1. The highest BCUT2D eigenvalue weighted by Gasteiger charge is 2.24. The van der Waals surface area contributed by atoms with Crippen molar-refractivity contribution in [2.24, 2.45) is 0 Å². The molecule has 2 aromatic carbocycles. The summed E-state index contributed by atoms with van der Waals surface area (Å²) in [5.41, 5.74) is 4.23. The molecule has 5 heteroatoms. The lowest BCUT2D eigenvalue weighted by Gasteiger charge is -2.35. The zero-order valence-electron chi connectivity index (χ0n) is 18.0. The van der Waals surface area contributed by atoms with Gasteiger partial charge < -0.3 is 15.0 Å². The Hall–Kier alpha value is -2.37. The molecule has 2 aliphatic heterocycles. The third-order valence-electron chi connectivity index (χ3n) is 6.37. The molecule has 0 radical (unpaired) electrons. The van der Waals surface area contributed by atoms with Crippen molar-refractivity contribution in [3.63, 3.8) is 0 Å². The van der Waals surface area contributed by atoms with Crippen LogP contribution in [0.3, 0.4) is 0 Å². The van der Waals surface area contributed by atoms with Crippen molar-refractivity contribution in [2.75, 3.05) is 50.8 Å². The summed E-state index contributed by atoms with van der Waals surface area (Å²) < 4.78 is 5.48. The third kappa shape index (κ3) is 4.85. The first-order valence-electron chi connectivity index (χ1n) is 11.2. The smallest absolute Gasteiger partial charge is 0.251 e. The van der Waals surface area contributed by atoms with Crippen LogP contribution in [0.4, 0.5) is 5.69 Å². The van der Waals surface area contributed by atoms with E-state index in [9.17, 15) is 4.79 Å². The van der Waals surface area contributed by atoms with Gasteiger partial charge in [0.15, 0.2) is 0 Å². The first-order valence-corrected chi connectivity index (χ1v) is 11.2. The fourth-order valence-corrected chi connectivity index (χ4v) is 4.66. The number of hydrogen-bond donors (Lipinski definition) is 1. The Morgan fingerprint density at radius 1 is 0.967 bits per heavy atom. The van der Waals surface area contributed by atoms with Crippen LogP contribution in [0.1, 0.15) is 46.8 Å². The summed E-state index contributed by atoms with van der Waals surface area (Å²) in [7, 11) is 0. The second-order valence-electron chi connectivity index (χ2n) is 8.28. The number of rotatable bonds is 6. The minimum atomic E-state index is 0.0144. The van der Waals surface area contributed by atoms with Crippen LogP contribution in [0.25, 0.3) is 0 Å². The topological polar surface area (TPSA) is 44.8 Å². The predicted molar refractivity (Wildman–Crippen MR) is 121 cm³/mol. The molecule has 0 saturated carbocycles. The quantitative estimate of drug-likeness (QED) is 0.791. The van der Waals surface area contributed by atoms with E-state index in [0.717, 1.165) is 56.2 Å². The van der Waals surface area contributed by atoms with E-state index in [0.29, 0.717) is 6.54 Å². The molecule has 1 amide bonds. The molecule has 0 aliphatic carbocycles. The maximum Gasteiger partial charge on any atom is 0.251 e. The highest BCUT2D eigenvalue weighted by molar-refractivity contribution is 5.97. The van der Waals surface area contributed by atoms with E-state index in [-0.39, 0.29) is 11.9 Å². The summed E-state index contributed by atoms with van der Waals surface area (Å²) in [5, 5.41) is 3.24. The van der Waals surface area contributed by atoms with Crippen molar-refractivity contribution in [1.82, 2.24) is 10.2 Å². The number of anilines is 1. The molecule has 1 unspecified atom stereocenters. The number of carbonyl (C=O) groups excluding carboxylic acids is 1. The van der Waals surface area contributed by atoms with Gasteiger partial charge in [-0.05, 0) is 56.1 Å². The van der Waals surface area contributed by atoms with Gasteiger partial charge in [-0.1, -0.05) is 42.8 Å². The van der Waals surface area contributed by atoms with Crippen molar-refractivity contribution < 1.29 is 9.53 Å². The molecule has 1 N–H and O–H groups in total. The maximum absolute atomic E-state index is 13.1. The number of ether oxygens (including phenoxy) is 1. The molecule has 2 aromatic rings. The van der Waals surface area contributed by atoms with Gasteiger partial charge in [0.25, 0.3) is 5.91 Å². The Bertz CT molecular complexity index is 828. The first-order chi connectivity index (χ1) is 14.7. The van der Waals surface area contributed by atoms with Crippen LogP contribution in [0, 0.1) is 6.92 Å². The molecule has 2 aliphatic rings. The van der Waals surface area contributed by atoms with E-state index in [4.69, 9.17) is 4.74 Å². The lowest BCUT2D eigenvalue weighted by atomic mass is 10.0. The molecule has 5 nitrogen and oxygen atoms in total. The second-order valence-corrected chi connectivity index (χ2v) is 8.28. The van der Waals surface area contributed by atoms with Gasteiger partial charge in [0.05, 0.1) is 19.3 Å². The van der Waals surface area contributed by atoms with Crippen LogP contribution < -0.4 is 10.2 Å². The van der Waals surface area contributed by atoms with Gasteiger partial charge in [-0.15, -0.1) is 0 Å². The number of nitrogens with one attached hydrogen (secondary N) is 1. The molecule has 0 bridgehead atoms. The van der Waals surface area contributed by atoms with Gasteiger partial charge in [-0.3, -0.25) is 9.69 Å². The van der Waals surface area contributed by atoms with Crippen molar-refractivity contribution in [3.8, 4) is 0 Å². The summed E-state index contributed by atoms with van der Waals surface area (Å²) in [4.78, 5) is 18.0. The number of nitrogens with zero attached hydrogens (tertiary/aromatic N) is 2. The molecule has 2 saturated heterocycles. The van der Waals surface area contributed by atoms with Crippen molar-refractivity contribution in [2.45, 2.75) is 32.2 Å². The summed E-state index contributed by atoms with van der Waals surface area (Å²) >= 11 is 0. The molecular formula is C25H33N3O2. The second kappa shape index (κ2) is 10.1. The Morgan fingerprint density at radius 2 is 1.70 bits per heavy atom. The maximum atomic E-state index is 13.1. The number of hydrogen-bond acceptors (Lipinski definition) is 4. The summed E-state index contributed by atoms with van der Waals surface area (Å²) in [6, 6.07) is 16.8. The minimum Gasteiger partial charge on any atom is -0.378 e.